The molecule has 0 aliphatic carbocycles. The summed E-state index contributed by atoms with van der Waals surface area (Å²) in [5, 5.41) is 7.10. The average Bonchev–Trinajstić information content (AvgIpc) is 3.18. The van der Waals surface area contributed by atoms with Crippen molar-refractivity contribution in [1.29, 1.82) is 0 Å². The largest absolute Gasteiger partial charge is 0.325 e. The molecule has 2 aromatic carbocycles. The first-order valence-corrected chi connectivity index (χ1v) is 8.55. The van der Waals surface area contributed by atoms with Gasteiger partial charge < -0.3 is 5.32 Å². The number of likely N-dealkylation sites (N-methyl/N-ethyl adjacent to an activating group) is 1. The zero-order valence-electron chi connectivity index (χ0n) is 15.3. The Kier molecular flexibility index (Phi) is 5.43. The minimum Gasteiger partial charge on any atom is -0.325 e. The molecule has 134 valence electrons. The second-order valence-corrected chi connectivity index (χ2v) is 6.39. The Bertz CT molecular complexity index is 858. The topological polar surface area (TPSA) is 63.1 Å². The van der Waals surface area contributed by atoms with E-state index in [4.69, 9.17) is 0 Å². The minimum atomic E-state index is -0.0205. The van der Waals surface area contributed by atoms with Gasteiger partial charge in [0.2, 0.25) is 5.91 Å². The SMILES string of the molecule is Cc1ccccc1NC(=O)CN(C)C(C)c1ccc(-n2cncn2)cc1. The van der Waals surface area contributed by atoms with Gasteiger partial charge in [0, 0.05) is 11.7 Å². The van der Waals surface area contributed by atoms with Crippen LogP contribution in [0.4, 0.5) is 5.69 Å². The van der Waals surface area contributed by atoms with Gasteiger partial charge in [-0.2, -0.15) is 5.10 Å². The Morgan fingerprint density at radius 1 is 1.19 bits per heavy atom. The van der Waals surface area contributed by atoms with Crippen LogP contribution in [0.3, 0.4) is 0 Å². The Balaban J connectivity index is 1.61. The number of aromatic nitrogens is 3. The summed E-state index contributed by atoms with van der Waals surface area (Å²) in [4.78, 5) is 18.3. The molecule has 0 saturated heterocycles. The number of rotatable bonds is 6. The summed E-state index contributed by atoms with van der Waals surface area (Å²) in [6, 6.07) is 16.0. The monoisotopic (exact) mass is 349 g/mol. The number of anilines is 1. The van der Waals surface area contributed by atoms with E-state index < -0.39 is 0 Å². The van der Waals surface area contributed by atoms with Crippen LogP contribution in [0.2, 0.25) is 0 Å². The molecule has 0 fully saturated rings. The summed E-state index contributed by atoms with van der Waals surface area (Å²) in [5.74, 6) is -0.0205. The van der Waals surface area contributed by atoms with Crippen molar-refractivity contribution in [3.8, 4) is 5.69 Å². The van der Waals surface area contributed by atoms with E-state index in [0.29, 0.717) is 6.54 Å². The van der Waals surface area contributed by atoms with E-state index in [0.717, 1.165) is 22.5 Å². The fourth-order valence-corrected chi connectivity index (χ4v) is 2.77. The van der Waals surface area contributed by atoms with Gasteiger partial charge in [0.25, 0.3) is 0 Å². The van der Waals surface area contributed by atoms with Crippen LogP contribution in [0.25, 0.3) is 5.69 Å². The molecule has 1 unspecified atom stereocenters. The van der Waals surface area contributed by atoms with Crippen molar-refractivity contribution >= 4 is 11.6 Å². The summed E-state index contributed by atoms with van der Waals surface area (Å²) < 4.78 is 1.72. The molecule has 1 N–H and O–H groups in total. The second-order valence-electron chi connectivity index (χ2n) is 6.39. The maximum absolute atomic E-state index is 12.3. The van der Waals surface area contributed by atoms with Gasteiger partial charge >= 0.3 is 0 Å². The third-order valence-electron chi connectivity index (χ3n) is 4.53. The number of nitrogens with zero attached hydrogens (tertiary/aromatic N) is 4. The van der Waals surface area contributed by atoms with Crippen LogP contribution in [0.15, 0.2) is 61.2 Å². The smallest absolute Gasteiger partial charge is 0.238 e. The molecule has 1 heterocycles. The lowest BCUT2D eigenvalue weighted by molar-refractivity contribution is -0.117. The lowest BCUT2D eigenvalue weighted by Crippen LogP contribution is -2.32. The van der Waals surface area contributed by atoms with E-state index in [1.807, 2.05) is 55.3 Å². The minimum absolute atomic E-state index is 0.0205. The van der Waals surface area contributed by atoms with E-state index in [1.165, 1.54) is 6.33 Å². The van der Waals surface area contributed by atoms with E-state index in [2.05, 4.69) is 34.5 Å². The molecule has 6 heteroatoms. The van der Waals surface area contributed by atoms with Crippen LogP contribution >= 0.6 is 0 Å². The van der Waals surface area contributed by atoms with E-state index >= 15 is 0 Å². The lowest BCUT2D eigenvalue weighted by Gasteiger charge is -2.24. The molecule has 6 nitrogen and oxygen atoms in total. The van der Waals surface area contributed by atoms with Crippen LogP contribution in [0.5, 0.6) is 0 Å². The van der Waals surface area contributed by atoms with Gasteiger partial charge in [-0.25, -0.2) is 9.67 Å². The highest BCUT2D eigenvalue weighted by molar-refractivity contribution is 5.92. The van der Waals surface area contributed by atoms with Crippen LogP contribution in [0, 0.1) is 6.92 Å². The highest BCUT2D eigenvalue weighted by Crippen LogP contribution is 2.20. The van der Waals surface area contributed by atoms with Gasteiger partial charge in [0.1, 0.15) is 12.7 Å². The van der Waals surface area contributed by atoms with Gasteiger partial charge in [-0.1, -0.05) is 30.3 Å². The first-order chi connectivity index (χ1) is 12.5. The van der Waals surface area contributed by atoms with E-state index in [9.17, 15) is 4.79 Å². The van der Waals surface area contributed by atoms with Crippen molar-refractivity contribution in [1.82, 2.24) is 19.7 Å². The molecular weight excluding hydrogens is 326 g/mol. The van der Waals surface area contributed by atoms with Gasteiger partial charge in [-0.15, -0.1) is 0 Å². The number of nitrogens with one attached hydrogen (secondary N) is 1. The third kappa shape index (κ3) is 4.15. The number of para-hydroxylation sites is 1. The quantitative estimate of drug-likeness (QED) is 0.742. The van der Waals surface area contributed by atoms with Crippen LogP contribution < -0.4 is 5.32 Å². The third-order valence-corrected chi connectivity index (χ3v) is 4.53. The number of amides is 1. The Labute approximate surface area is 153 Å². The Morgan fingerprint density at radius 3 is 2.58 bits per heavy atom. The molecule has 3 rings (SSSR count). The van der Waals surface area contributed by atoms with Gasteiger partial charge in [0.15, 0.2) is 0 Å². The fraction of sp³-hybridized carbons (Fsp3) is 0.250. The molecule has 1 atom stereocenters. The predicted octanol–water partition coefficient (Wildman–Crippen LogP) is 3.21. The number of hydrogen-bond acceptors (Lipinski definition) is 4. The molecule has 0 saturated carbocycles. The molecule has 0 aliphatic heterocycles. The number of aryl methyl sites for hydroxylation is 1. The highest BCUT2D eigenvalue weighted by atomic mass is 16.2. The van der Waals surface area contributed by atoms with Crippen LogP contribution in [-0.4, -0.2) is 39.2 Å². The van der Waals surface area contributed by atoms with Crippen molar-refractivity contribution in [3.63, 3.8) is 0 Å². The maximum Gasteiger partial charge on any atom is 0.238 e. The average molecular weight is 349 g/mol. The maximum atomic E-state index is 12.3. The van der Waals surface area contributed by atoms with Crippen molar-refractivity contribution < 1.29 is 4.79 Å². The van der Waals surface area contributed by atoms with Crippen LogP contribution in [-0.2, 0) is 4.79 Å². The fourth-order valence-electron chi connectivity index (χ4n) is 2.77. The van der Waals surface area contributed by atoms with Gasteiger partial charge in [-0.3, -0.25) is 9.69 Å². The summed E-state index contributed by atoms with van der Waals surface area (Å²) in [6.45, 7) is 4.39. The predicted molar refractivity (Wildman–Crippen MR) is 102 cm³/mol. The molecule has 0 spiro atoms. The number of carbonyl (C=O) groups excluding carboxylic acids is 1. The second kappa shape index (κ2) is 7.93. The molecule has 0 bridgehead atoms. The zero-order valence-corrected chi connectivity index (χ0v) is 15.3. The standard InChI is InChI=1S/C20H23N5O/c1-15-6-4-5-7-19(15)23-20(26)12-24(3)16(2)17-8-10-18(11-9-17)25-14-21-13-22-25/h4-11,13-14,16H,12H2,1-3H3,(H,23,26). The molecule has 26 heavy (non-hydrogen) atoms. The summed E-state index contributed by atoms with van der Waals surface area (Å²) in [5.41, 5.74) is 4.01. The van der Waals surface area contributed by atoms with Gasteiger partial charge in [0.05, 0.1) is 12.2 Å². The highest BCUT2D eigenvalue weighted by Gasteiger charge is 2.15. The lowest BCUT2D eigenvalue weighted by atomic mass is 10.1. The van der Waals surface area contributed by atoms with Crippen molar-refractivity contribution in [3.05, 3.63) is 72.3 Å². The Hall–Kier alpha value is -2.99. The zero-order chi connectivity index (χ0) is 18.5. The normalized spacial score (nSPS) is 12.2. The first kappa shape index (κ1) is 17.8. The van der Waals surface area contributed by atoms with E-state index in [-0.39, 0.29) is 11.9 Å². The van der Waals surface area contributed by atoms with Crippen LogP contribution in [0.1, 0.15) is 24.1 Å². The molecule has 1 aromatic heterocycles. The molecule has 0 radical (unpaired) electrons. The molecule has 0 aliphatic rings. The van der Waals surface area contributed by atoms with E-state index in [1.54, 1.807) is 11.0 Å². The molecule has 1 amide bonds. The summed E-state index contributed by atoms with van der Waals surface area (Å²) in [7, 11) is 1.95. The molecular formula is C20H23N5O. The molecule has 3 aromatic rings. The van der Waals surface area contributed by atoms with Crippen molar-refractivity contribution in [2.75, 3.05) is 18.9 Å². The number of carbonyl (C=O) groups is 1. The summed E-state index contributed by atoms with van der Waals surface area (Å²) in [6.07, 6.45) is 3.18. The van der Waals surface area contributed by atoms with Crippen molar-refractivity contribution in [2.45, 2.75) is 19.9 Å². The Morgan fingerprint density at radius 2 is 1.92 bits per heavy atom. The number of hydrogen-bond donors (Lipinski definition) is 1. The number of benzene rings is 2. The summed E-state index contributed by atoms with van der Waals surface area (Å²) >= 11 is 0. The van der Waals surface area contributed by atoms with Gasteiger partial charge in [-0.05, 0) is 50.2 Å². The van der Waals surface area contributed by atoms with Crippen molar-refractivity contribution in [2.24, 2.45) is 0 Å². The first-order valence-electron chi connectivity index (χ1n) is 8.55.